The van der Waals surface area contributed by atoms with Gasteiger partial charge in [-0.05, 0) is 19.3 Å². The van der Waals surface area contributed by atoms with Crippen LogP contribution in [0.15, 0.2) is 0 Å². The van der Waals surface area contributed by atoms with Gasteiger partial charge >= 0.3 is 0 Å². The molecule has 0 aliphatic carbocycles. The minimum absolute atomic E-state index is 0.488. The molecule has 0 aromatic rings. The zero-order valence-electron chi connectivity index (χ0n) is 7.83. The standard InChI is InChI=1S/C9H18FNO/c1-7-3-8(2)11(5-7)6-9(12)4-10/h7-9,12H,3-6H2,1-2H3. The van der Waals surface area contributed by atoms with Crippen molar-refractivity contribution in [2.75, 3.05) is 19.8 Å². The highest BCUT2D eigenvalue weighted by molar-refractivity contribution is 4.81. The second-order valence-electron chi connectivity index (χ2n) is 3.95. The lowest BCUT2D eigenvalue weighted by atomic mass is 10.1. The molecule has 0 bridgehead atoms. The molecule has 1 N–H and O–H groups in total. The third-order valence-electron chi connectivity index (χ3n) is 2.54. The molecule has 0 saturated carbocycles. The molecule has 0 radical (unpaired) electrons. The summed E-state index contributed by atoms with van der Waals surface area (Å²) in [4.78, 5) is 2.16. The molecular weight excluding hydrogens is 157 g/mol. The lowest BCUT2D eigenvalue weighted by molar-refractivity contribution is 0.0863. The Balaban J connectivity index is 2.32. The number of rotatable bonds is 3. The van der Waals surface area contributed by atoms with Gasteiger partial charge in [-0.1, -0.05) is 6.92 Å². The van der Waals surface area contributed by atoms with Crippen LogP contribution in [0.3, 0.4) is 0 Å². The molecule has 1 saturated heterocycles. The highest BCUT2D eigenvalue weighted by atomic mass is 19.1. The molecule has 1 aliphatic rings. The Kier molecular flexibility index (Phi) is 3.47. The topological polar surface area (TPSA) is 23.5 Å². The molecule has 1 rings (SSSR count). The van der Waals surface area contributed by atoms with Gasteiger partial charge in [0.15, 0.2) is 0 Å². The van der Waals surface area contributed by atoms with Crippen molar-refractivity contribution in [3.8, 4) is 0 Å². The summed E-state index contributed by atoms with van der Waals surface area (Å²) in [5.41, 5.74) is 0. The summed E-state index contributed by atoms with van der Waals surface area (Å²) in [6, 6.07) is 0.501. The Morgan fingerprint density at radius 3 is 2.67 bits per heavy atom. The molecule has 72 valence electrons. The molecule has 3 unspecified atom stereocenters. The quantitative estimate of drug-likeness (QED) is 0.693. The van der Waals surface area contributed by atoms with E-state index < -0.39 is 12.8 Å². The molecule has 0 aromatic carbocycles. The summed E-state index contributed by atoms with van der Waals surface area (Å²) in [7, 11) is 0. The van der Waals surface area contributed by atoms with E-state index in [1.165, 1.54) is 6.42 Å². The highest BCUT2D eigenvalue weighted by Gasteiger charge is 2.27. The smallest absolute Gasteiger partial charge is 0.117 e. The molecule has 3 heteroatoms. The van der Waals surface area contributed by atoms with Crippen LogP contribution in [0.2, 0.25) is 0 Å². The fourth-order valence-corrected chi connectivity index (χ4v) is 1.96. The van der Waals surface area contributed by atoms with Gasteiger partial charge in [-0.3, -0.25) is 4.90 Å². The Labute approximate surface area is 73.4 Å². The first-order valence-electron chi connectivity index (χ1n) is 4.61. The van der Waals surface area contributed by atoms with E-state index in [0.717, 1.165) is 6.54 Å². The first-order chi connectivity index (χ1) is 5.63. The second-order valence-corrected chi connectivity index (χ2v) is 3.95. The predicted molar refractivity (Wildman–Crippen MR) is 46.8 cm³/mol. The normalized spacial score (nSPS) is 34.0. The third kappa shape index (κ3) is 2.42. The van der Waals surface area contributed by atoms with Crippen LogP contribution < -0.4 is 0 Å². The molecular formula is C9H18FNO. The molecule has 0 spiro atoms. The number of halogens is 1. The first-order valence-corrected chi connectivity index (χ1v) is 4.61. The molecule has 1 fully saturated rings. The maximum atomic E-state index is 12.0. The average molecular weight is 175 g/mol. The van der Waals surface area contributed by atoms with Crippen molar-refractivity contribution in [2.24, 2.45) is 5.92 Å². The predicted octanol–water partition coefficient (Wildman–Crippen LogP) is 1.05. The zero-order chi connectivity index (χ0) is 9.14. The number of alkyl halides is 1. The largest absolute Gasteiger partial charge is 0.389 e. The van der Waals surface area contributed by atoms with E-state index in [1.54, 1.807) is 0 Å². The van der Waals surface area contributed by atoms with Gasteiger partial charge in [-0.15, -0.1) is 0 Å². The monoisotopic (exact) mass is 175 g/mol. The van der Waals surface area contributed by atoms with Crippen molar-refractivity contribution in [1.82, 2.24) is 4.90 Å². The van der Waals surface area contributed by atoms with Crippen molar-refractivity contribution in [2.45, 2.75) is 32.4 Å². The van der Waals surface area contributed by atoms with E-state index in [4.69, 9.17) is 5.11 Å². The maximum Gasteiger partial charge on any atom is 0.117 e. The lowest BCUT2D eigenvalue weighted by Gasteiger charge is -2.22. The highest BCUT2D eigenvalue weighted by Crippen LogP contribution is 2.22. The van der Waals surface area contributed by atoms with Crippen molar-refractivity contribution in [3.05, 3.63) is 0 Å². The van der Waals surface area contributed by atoms with Gasteiger partial charge in [0, 0.05) is 19.1 Å². The number of β-amino-alcohol motifs (C(OH)–C–C–N with tert-alkyl or cyclic N) is 1. The third-order valence-corrected chi connectivity index (χ3v) is 2.54. The van der Waals surface area contributed by atoms with E-state index >= 15 is 0 Å². The van der Waals surface area contributed by atoms with E-state index in [2.05, 4.69) is 18.7 Å². The molecule has 0 aromatic heterocycles. The summed E-state index contributed by atoms with van der Waals surface area (Å²) in [5.74, 6) is 0.687. The van der Waals surface area contributed by atoms with E-state index in [9.17, 15) is 4.39 Å². The van der Waals surface area contributed by atoms with Crippen LogP contribution in [-0.2, 0) is 0 Å². The lowest BCUT2D eigenvalue weighted by Crippen LogP contribution is -2.35. The first kappa shape index (κ1) is 9.93. The van der Waals surface area contributed by atoms with Gasteiger partial charge in [0.05, 0.1) is 6.10 Å². The van der Waals surface area contributed by atoms with Crippen LogP contribution in [0, 0.1) is 5.92 Å². The van der Waals surface area contributed by atoms with Crippen LogP contribution in [-0.4, -0.2) is 41.9 Å². The SMILES string of the molecule is CC1CC(C)N(CC(O)CF)C1. The number of hydrogen-bond donors (Lipinski definition) is 1. The number of aliphatic hydroxyl groups is 1. The zero-order valence-corrected chi connectivity index (χ0v) is 7.83. The van der Waals surface area contributed by atoms with Gasteiger partial charge in [0.2, 0.25) is 0 Å². The summed E-state index contributed by atoms with van der Waals surface area (Å²) in [5, 5.41) is 9.11. The average Bonchev–Trinajstić information content (AvgIpc) is 2.30. The van der Waals surface area contributed by atoms with Gasteiger partial charge < -0.3 is 5.11 Å². The van der Waals surface area contributed by atoms with E-state index in [1.807, 2.05) is 0 Å². The van der Waals surface area contributed by atoms with Gasteiger partial charge in [0.25, 0.3) is 0 Å². The summed E-state index contributed by atoms with van der Waals surface area (Å²) in [6.45, 7) is 5.19. The fraction of sp³-hybridized carbons (Fsp3) is 1.00. The van der Waals surface area contributed by atoms with Crippen LogP contribution >= 0.6 is 0 Å². The van der Waals surface area contributed by atoms with Crippen LogP contribution in [0.25, 0.3) is 0 Å². The second kappa shape index (κ2) is 4.19. The molecule has 3 atom stereocenters. The van der Waals surface area contributed by atoms with Crippen LogP contribution in [0.1, 0.15) is 20.3 Å². The van der Waals surface area contributed by atoms with Crippen LogP contribution in [0.4, 0.5) is 4.39 Å². The molecule has 0 amide bonds. The van der Waals surface area contributed by atoms with Crippen molar-refractivity contribution in [3.63, 3.8) is 0 Å². The minimum Gasteiger partial charge on any atom is -0.389 e. The van der Waals surface area contributed by atoms with Crippen molar-refractivity contribution >= 4 is 0 Å². The molecule has 1 aliphatic heterocycles. The fourth-order valence-electron chi connectivity index (χ4n) is 1.96. The Morgan fingerprint density at radius 1 is 1.58 bits per heavy atom. The molecule has 2 nitrogen and oxygen atoms in total. The van der Waals surface area contributed by atoms with Crippen LogP contribution in [0.5, 0.6) is 0 Å². The summed E-state index contributed by atoms with van der Waals surface area (Å²) in [6.07, 6.45) is 0.372. The van der Waals surface area contributed by atoms with E-state index in [-0.39, 0.29) is 0 Å². The molecule has 12 heavy (non-hydrogen) atoms. The summed E-state index contributed by atoms with van der Waals surface area (Å²) >= 11 is 0. The van der Waals surface area contributed by atoms with Crippen molar-refractivity contribution < 1.29 is 9.50 Å². The Morgan fingerprint density at radius 2 is 2.25 bits per heavy atom. The molecule has 1 heterocycles. The van der Waals surface area contributed by atoms with Gasteiger partial charge in [-0.2, -0.15) is 0 Å². The van der Waals surface area contributed by atoms with Gasteiger partial charge in [0.1, 0.15) is 6.67 Å². The van der Waals surface area contributed by atoms with E-state index in [0.29, 0.717) is 18.5 Å². The van der Waals surface area contributed by atoms with Crippen molar-refractivity contribution in [1.29, 1.82) is 0 Å². The number of hydrogen-bond acceptors (Lipinski definition) is 2. The Hall–Kier alpha value is -0.150. The Bertz CT molecular complexity index is 142. The number of aliphatic hydroxyl groups excluding tert-OH is 1. The maximum absolute atomic E-state index is 12.0. The van der Waals surface area contributed by atoms with Gasteiger partial charge in [-0.25, -0.2) is 4.39 Å². The number of nitrogens with zero attached hydrogens (tertiary/aromatic N) is 1. The summed E-state index contributed by atoms with van der Waals surface area (Å²) < 4.78 is 12.0. The number of likely N-dealkylation sites (tertiary alicyclic amines) is 1. The minimum atomic E-state index is -0.794.